The number of hydrogen-bond acceptors (Lipinski definition) is 2. The van der Waals surface area contributed by atoms with Gasteiger partial charge in [0.15, 0.2) is 0 Å². The van der Waals surface area contributed by atoms with E-state index in [1.165, 1.54) is 21.9 Å². The lowest BCUT2D eigenvalue weighted by atomic mass is 9.98. The summed E-state index contributed by atoms with van der Waals surface area (Å²) in [4.78, 5) is 0. The quantitative estimate of drug-likeness (QED) is 0.478. The number of ether oxygens (including phenoxy) is 1. The van der Waals surface area contributed by atoms with Crippen LogP contribution in [0.5, 0.6) is 5.75 Å². The highest BCUT2D eigenvalue weighted by Gasteiger charge is 2.14. The highest BCUT2D eigenvalue weighted by Crippen LogP contribution is 2.29. The standard InChI is InChI=1S/C24H21NO/c1-26-23-15-12-20(13-16-23)24(19-8-3-2-4-9-19)25-22-14-11-18-7-5-6-10-21(18)17-22/h2-17,24-25H,1H3. The Morgan fingerprint density at radius 1 is 0.654 bits per heavy atom. The Bertz CT molecular complexity index is 993. The predicted octanol–water partition coefficient (Wildman–Crippen LogP) is 6.05. The maximum Gasteiger partial charge on any atom is 0.118 e. The minimum Gasteiger partial charge on any atom is -0.497 e. The third-order valence-corrected chi connectivity index (χ3v) is 4.64. The lowest BCUT2D eigenvalue weighted by Crippen LogP contribution is -2.12. The third kappa shape index (κ3) is 3.40. The fraction of sp³-hybridized carbons (Fsp3) is 0.0833. The molecule has 1 atom stereocenters. The molecule has 0 bridgehead atoms. The van der Waals surface area contributed by atoms with E-state index in [1.54, 1.807) is 7.11 Å². The Hall–Kier alpha value is -3.26. The molecular formula is C24H21NO. The maximum absolute atomic E-state index is 5.30. The van der Waals surface area contributed by atoms with Crippen molar-refractivity contribution in [1.29, 1.82) is 0 Å². The van der Waals surface area contributed by atoms with Crippen LogP contribution in [0.15, 0.2) is 97.1 Å². The first-order valence-electron chi connectivity index (χ1n) is 8.78. The minimum absolute atomic E-state index is 0.0725. The van der Waals surface area contributed by atoms with Gasteiger partial charge in [0.2, 0.25) is 0 Å². The molecule has 0 aliphatic heterocycles. The van der Waals surface area contributed by atoms with Gasteiger partial charge < -0.3 is 10.1 Å². The molecule has 0 spiro atoms. The molecule has 1 unspecified atom stereocenters. The number of hydrogen-bond donors (Lipinski definition) is 1. The molecule has 0 amide bonds. The molecule has 2 nitrogen and oxygen atoms in total. The Morgan fingerprint density at radius 2 is 1.31 bits per heavy atom. The number of anilines is 1. The Labute approximate surface area is 154 Å². The van der Waals surface area contributed by atoms with Gasteiger partial charge in [-0.15, -0.1) is 0 Å². The molecule has 4 aromatic rings. The van der Waals surface area contributed by atoms with Gasteiger partial charge in [0.1, 0.15) is 5.75 Å². The number of methoxy groups -OCH3 is 1. The van der Waals surface area contributed by atoms with Crippen LogP contribution in [0.3, 0.4) is 0 Å². The number of benzene rings is 4. The van der Waals surface area contributed by atoms with E-state index in [2.05, 4.69) is 84.2 Å². The summed E-state index contributed by atoms with van der Waals surface area (Å²) in [7, 11) is 1.69. The summed E-state index contributed by atoms with van der Waals surface area (Å²) in [5.41, 5.74) is 3.53. The molecule has 0 heterocycles. The van der Waals surface area contributed by atoms with Crippen LogP contribution in [0.25, 0.3) is 10.8 Å². The first-order valence-corrected chi connectivity index (χ1v) is 8.78. The molecule has 4 rings (SSSR count). The zero-order chi connectivity index (χ0) is 17.8. The van der Waals surface area contributed by atoms with Crippen LogP contribution in [-0.4, -0.2) is 7.11 Å². The lowest BCUT2D eigenvalue weighted by molar-refractivity contribution is 0.414. The van der Waals surface area contributed by atoms with E-state index in [9.17, 15) is 0 Å². The van der Waals surface area contributed by atoms with Gasteiger partial charge >= 0.3 is 0 Å². The summed E-state index contributed by atoms with van der Waals surface area (Å²) in [5.74, 6) is 0.867. The average molecular weight is 339 g/mol. The molecule has 0 saturated heterocycles. The van der Waals surface area contributed by atoms with Crippen LogP contribution in [0, 0.1) is 0 Å². The van der Waals surface area contributed by atoms with Crippen molar-refractivity contribution in [3.63, 3.8) is 0 Å². The largest absolute Gasteiger partial charge is 0.497 e. The van der Waals surface area contributed by atoms with Gasteiger partial charge in [-0.1, -0.05) is 72.8 Å². The van der Waals surface area contributed by atoms with Crippen molar-refractivity contribution in [2.24, 2.45) is 0 Å². The molecule has 2 heteroatoms. The molecule has 0 radical (unpaired) electrons. The van der Waals surface area contributed by atoms with Gasteiger partial charge in [-0.05, 0) is 46.2 Å². The second kappa shape index (κ2) is 7.32. The highest BCUT2D eigenvalue weighted by molar-refractivity contribution is 5.85. The molecule has 0 aromatic heterocycles. The van der Waals surface area contributed by atoms with E-state index in [0.29, 0.717) is 0 Å². The molecule has 1 N–H and O–H groups in total. The first kappa shape index (κ1) is 16.2. The molecule has 0 fully saturated rings. The average Bonchev–Trinajstić information content (AvgIpc) is 2.73. The smallest absolute Gasteiger partial charge is 0.118 e. The summed E-state index contributed by atoms with van der Waals surface area (Å²) in [5, 5.41) is 6.18. The molecule has 128 valence electrons. The zero-order valence-electron chi connectivity index (χ0n) is 14.7. The van der Waals surface area contributed by atoms with Crippen molar-refractivity contribution in [3.8, 4) is 5.75 Å². The SMILES string of the molecule is COc1ccc(C(Nc2ccc3ccccc3c2)c2ccccc2)cc1. The van der Waals surface area contributed by atoms with Crippen molar-refractivity contribution in [2.45, 2.75) is 6.04 Å². The summed E-state index contributed by atoms with van der Waals surface area (Å²) < 4.78 is 5.30. The summed E-state index contributed by atoms with van der Waals surface area (Å²) in [6, 6.07) is 33.8. The molecule has 26 heavy (non-hydrogen) atoms. The molecule has 0 aliphatic rings. The Kier molecular flexibility index (Phi) is 4.57. The van der Waals surface area contributed by atoms with Gasteiger partial charge in [-0.25, -0.2) is 0 Å². The van der Waals surface area contributed by atoms with Crippen LogP contribution in [0.2, 0.25) is 0 Å². The fourth-order valence-corrected chi connectivity index (χ4v) is 3.25. The topological polar surface area (TPSA) is 21.3 Å². The number of fused-ring (bicyclic) bond motifs is 1. The van der Waals surface area contributed by atoms with Crippen LogP contribution >= 0.6 is 0 Å². The second-order valence-electron chi connectivity index (χ2n) is 6.32. The van der Waals surface area contributed by atoms with Crippen LogP contribution in [0.1, 0.15) is 17.2 Å². The van der Waals surface area contributed by atoms with Crippen molar-refractivity contribution in [1.82, 2.24) is 0 Å². The summed E-state index contributed by atoms with van der Waals surface area (Å²) in [6.07, 6.45) is 0. The molecule has 4 aromatic carbocycles. The number of rotatable bonds is 5. The van der Waals surface area contributed by atoms with E-state index in [0.717, 1.165) is 11.4 Å². The Morgan fingerprint density at radius 3 is 2.04 bits per heavy atom. The van der Waals surface area contributed by atoms with Crippen LogP contribution in [-0.2, 0) is 0 Å². The monoisotopic (exact) mass is 339 g/mol. The van der Waals surface area contributed by atoms with Gasteiger partial charge in [-0.3, -0.25) is 0 Å². The molecule has 0 aliphatic carbocycles. The van der Waals surface area contributed by atoms with Crippen molar-refractivity contribution >= 4 is 16.5 Å². The normalized spacial score (nSPS) is 11.9. The van der Waals surface area contributed by atoms with E-state index in [-0.39, 0.29) is 6.04 Å². The van der Waals surface area contributed by atoms with E-state index in [4.69, 9.17) is 4.74 Å². The molecular weight excluding hydrogens is 318 g/mol. The van der Waals surface area contributed by atoms with Gasteiger partial charge in [0.25, 0.3) is 0 Å². The van der Waals surface area contributed by atoms with Gasteiger partial charge in [0, 0.05) is 5.69 Å². The summed E-state index contributed by atoms with van der Waals surface area (Å²) >= 11 is 0. The Balaban J connectivity index is 1.71. The minimum atomic E-state index is 0.0725. The zero-order valence-corrected chi connectivity index (χ0v) is 14.7. The van der Waals surface area contributed by atoms with Crippen molar-refractivity contribution < 1.29 is 4.74 Å². The van der Waals surface area contributed by atoms with Crippen molar-refractivity contribution in [2.75, 3.05) is 12.4 Å². The predicted molar refractivity (Wildman–Crippen MR) is 109 cm³/mol. The maximum atomic E-state index is 5.30. The first-order chi connectivity index (χ1) is 12.8. The number of nitrogens with one attached hydrogen (secondary N) is 1. The van der Waals surface area contributed by atoms with E-state index in [1.807, 2.05) is 18.2 Å². The lowest BCUT2D eigenvalue weighted by Gasteiger charge is -2.21. The summed E-state index contributed by atoms with van der Waals surface area (Å²) in [6.45, 7) is 0. The van der Waals surface area contributed by atoms with Crippen molar-refractivity contribution in [3.05, 3.63) is 108 Å². The van der Waals surface area contributed by atoms with Crippen LogP contribution < -0.4 is 10.1 Å². The third-order valence-electron chi connectivity index (χ3n) is 4.64. The van der Waals surface area contributed by atoms with Gasteiger partial charge in [0.05, 0.1) is 13.2 Å². The fourth-order valence-electron chi connectivity index (χ4n) is 3.25. The van der Waals surface area contributed by atoms with Crippen LogP contribution in [0.4, 0.5) is 5.69 Å². The van der Waals surface area contributed by atoms with E-state index >= 15 is 0 Å². The second-order valence-corrected chi connectivity index (χ2v) is 6.32. The van der Waals surface area contributed by atoms with E-state index < -0.39 is 0 Å². The molecule has 0 saturated carbocycles. The highest BCUT2D eigenvalue weighted by atomic mass is 16.5. The van der Waals surface area contributed by atoms with Gasteiger partial charge in [-0.2, -0.15) is 0 Å².